The first-order valence-corrected chi connectivity index (χ1v) is 9.73. The Morgan fingerprint density at radius 1 is 1.11 bits per heavy atom. The quantitative estimate of drug-likeness (QED) is 0.492. The van der Waals surface area contributed by atoms with Crippen molar-refractivity contribution in [3.8, 4) is 0 Å². The van der Waals surface area contributed by atoms with E-state index in [1.165, 1.54) is 23.9 Å². The number of halogens is 1. The average molecular weight is 392 g/mol. The molecule has 28 heavy (non-hydrogen) atoms. The molecule has 6 nitrogen and oxygen atoms in total. The summed E-state index contributed by atoms with van der Waals surface area (Å²) in [7, 11) is 0. The SMILES string of the molecule is N[C@@H](Cc1c[nH]c2ccccc12)c1nnc2n1NC(c1ccc(F)cc1)=CS2. The van der Waals surface area contributed by atoms with Crippen molar-refractivity contribution in [3.05, 3.63) is 82.9 Å². The first-order valence-electron chi connectivity index (χ1n) is 8.85. The molecule has 3 heterocycles. The zero-order valence-electron chi connectivity index (χ0n) is 14.8. The molecule has 8 heteroatoms. The molecule has 1 aliphatic rings. The lowest BCUT2D eigenvalue weighted by molar-refractivity contribution is 0.626. The lowest BCUT2D eigenvalue weighted by Crippen LogP contribution is -2.25. The van der Waals surface area contributed by atoms with Gasteiger partial charge < -0.3 is 10.7 Å². The Morgan fingerprint density at radius 2 is 1.93 bits per heavy atom. The number of rotatable bonds is 4. The van der Waals surface area contributed by atoms with Gasteiger partial charge in [-0.2, -0.15) is 0 Å². The maximum atomic E-state index is 13.2. The van der Waals surface area contributed by atoms with Crippen LogP contribution in [0.2, 0.25) is 0 Å². The highest BCUT2D eigenvalue weighted by atomic mass is 32.2. The van der Waals surface area contributed by atoms with Gasteiger partial charge in [-0.1, -0.05) is 30.0 Å². The number of nitrogens with one attached hydrogen (secondary N) is 2. The Kier molecular flexibility index (Phi) is 4.14. The number of hydrogen-bond acceptors (Lipinski definition) is 5. The van der Waals surface area contributed by atoms with Gasteiger partial charge in [-0.25, -0.2) is 9.07 Å². The van der Waals surface area contributed by atoms with Crippen LogP contribution in [0.5, 0.6) is 0 Å². The minimum Gasteiger partial charge on any atom is -0.361 e. The summed E-state index contributed by atoms with van der Waals surface area (Å²) in [5, 5.41) is 12.3. The Morgan fingerprint density at radius 3 is 2.79 bits per heavy atom. The molecule has 5 rings (SSSR count). The molecule has 1 atom stereocenters. The number of nitrogens with two attached hydrogens (primary N) is 1. The van der Waals surface area contributed by atoms with Crippen molar-refractivity contribution >= 4 is 28.4 Å². The van der Waals surface area contributed by atoms with E-state index < -0.39 is 0 Å². The van der Waals surface area contributed by atoms with Crippen molar-refractivity contribution in [2.24, 2.45) is 5.73 Å². The maximum Gasteiger partial charge on any atom is 0.214 e. The Bertz CT molecular complexity index is 1180. The molecule has 4 N–H and O–H groups in total. The van der Waals surface area contributed by atoms with Gasteiger partial charge in [0.15, 0.2) is 5.82 Å². The van der Waals surface area contributed by atoms with Gasteiger partial charge >= 0.3 is 0 Å². The van der Waals surface area contributed by atoms with Gasteiger partial charge in [0.1, 0.15) is 5.82 Å². The summed E-state index contributed by atoms with van der Waals surface area (Å²) in [5.74, 6) is 0.389. The molecule has 0 spiro atoms. The van der Waals surface area contributed by atoms with Crippen molar-refractivity contribution in [2.75, 3.05) is 5.43 Å². The minimum absolute atomic E-state index is 0.265. The number of para-hydroxylation sites is 1. The van der Waals surface area contributed by atoms with Crippen LogP contribution in [-0.2, 0) is 6.42 Å². The van der Waals surface area contributed by atoms with Crippen LogP contribution in [0.25, 0.3) is 16.6 Å². The summed E-state index contributed by atoms with van der Waals surface area (Å²) >= 11 is 1.45. The summed E-state index contributed by atoms with van der Waals surface area (Å²) in [4.78, 5) is 3.28. The molecular weight excluding hydrogens is 375 g/mol. The predicted octanol–water partition coefficient (Wildman–Crippen LogP) is 3.79. The molecule has 0 amide bonds. The van der Waals surface area contributed by atoms with Crippen LogP contribution < -0.4 is 11.2 Å². The number of aromatic nitrogens is 4. The normalized spacial score (nSPS) is 14.4. The Balaban J connectivity index is 1.41. The largest absolute Gasteiger partial charge is 0.361 e. The van der Waals surface area contributed by atoms with E-state index in [2.05, 4.69) is 26.7 Å². The van der Waals surface area contributed by atoms with Crippen molar-refractivity contribution in [1.82, 2.24) is 19.9 Å². The van der Waals surface area contributed by atoms with Crippen LogP contribution in [0.15, 0.2) is 65.3 Å². The number of H-pyrrole nitrogens is 1. The molecule has 2 aromatic carbocycles. The molecule has 0 unspecified atom stereocenters. The van der Waals surface area contributed by atoms with Gasteiger partial charge in [-0.3, -0.25) is 5.43 Å². The number of thioether (sulfide) groups is 1. The number of nitrogens with zero attached hydrogens (tertiary/aromatic N) is 3. The number of aromatic amines is 1. The summed E-state index contributed by atoms with van der Waals surface area (Å²) < 4.78 is 15.0. The smallest absolute Gasteiger partial charge is 0.214 e. The van der Waals surface area contributed by atoms with Crippen LogP contribution in [0.3, 0.4) is 0 Å². The predicted molar refractivity (Wildman–Crippen MR) is 109 cm³/mol. The third-order valence-electron chi connectivity index (χ3n) is 4.77. The number of fused-ring (bicyclic) bond motifs is 2. The van der Waals surface area contributed by atoms with Gasteiger partial charge in [0.25, 0.3) is 0 Å². The van der Waals surface area contributed by atoms with E-state index in [-0.39, 0.29) is 11.9 Å². The van der Waals surface area contributed by atoms with Gasteiger partial charge in [-0.05, 0) is 42.3 Å². The molecule has 0 saturated heterocycles. The fourth-order valence-electron chi connectivity index (χ4n) is 3.35. The summed E-state index contributed by atoms with van der Waals surface area (Å²) in [6.07, 6.45) is 2.62. The second-order valence-corrected chi connectivity index (χ2v) is 7.45. The fraction of sp³-hybridized carbons (Fsp3) is 0.100. The zero-order valence-corrected chi connectivity index (χ0v) is 15.6. The van der Waals surface area contributed by atoms with Gasteiger partial charge in [0, 0.05) is 28.1 Å². The van der Waals surface area contributed by atoms with E-state index in [0.717, 1.165) is 32.9 Å². The highest BCUT2D eigenvalue weighted by molar-refractivity contribution is 8.02. The first kappa shape index (κ1) is 17.0. The molecule has 140 valence electrons. The van der Waals surface area contributed by atoms with Gasteiger partial charge in [-0.15, -0.1) is 10.2 Å². The van der Waals surface area contributed by atoms with Crippen LogP contribution in [-0.4, -0.2) is 19.9 Å². The van der Waals surface area contributed by atoms with Crippen LogP contribution in [0, 0.1) is 5.82 Å². The summed E-state index contributed by atoms with van der Waals surface area (Å²) in [6.45, 7) is 0. The molecule has 0 saturated carbocycles. The topological polar surface area (TPSA) is 84.6 Å². The lowest BCUT2D eigenvalue weighted by Gasteiger charge is -2.21. The zero-order chi connectivity index (χ0) is 19.1. The highest BCUT2D eigenvalue weighted by Crippen LogP contribution is 2.30. The minimum atomic E-state index is -0.332. The Hall–Kier alpha value is -3.10. The molecule has 0 fully saturated rings. The summed E-state index contributed by atoms with van der Waals surface area (Å²) in [6, 6.07) is 14.1. The first-order chi connectivity index (χ1) is 13.7. The van der Waals surface area contributed by atoms with Gasteiger partial charge in [0.05, 0.1) is 11.7 Å². The van der Waals surface area contributed by atoms with Crippen LogP contribution in [0.1, 0.15) is 23.0 Å². The highest BCUT2D eigenvalue weighted by Gasteiger charge is 2.23. The van der Waals surface area contributed by atoms with E-state index in [0.29, 0.717) is 12.2 Å². The van der Waals surface area contributed by atoms with Crippen molar-refractivity contribution in [1.29, 1.82) is 0 Å². The van der Waals surface area contributed by atoms with Crippen LogP contribution in [0.4, 0.5) is 4.39 Å². The molecule has 2 aromatic heterocycles. The van der Waals surface area contributed by atoms with E-state index >= 15 is 0 Å². The van der Waals surface area contributed by atoms with Crippen molar-refractivity contribution < 1.29 is 4.39 Å². The molecule has 0 bridgehead atoms. The van der Waals surface area contributed by atoms with Crippen molar-refractivity contribution in [2.45, 2.75) is 17.6 Å². The number of hydrogen-bond donors (Lipinski definition) is 3. The van der Waals surface area contributed by atoms with E-state index in [4.69, 9.17) is 5.73 Å². The standard InChI is InChI=1S/C20H17FN6S/c21-14-7-5-12(6-8-14)18-11-28-20-25-24-19(27(20)26-18)16(22)9-13-10-23-17-4-2-1-3-15(13)17/h1-8,10-11,16,23,26H,9,22H2/t16-/m0/s1. The molecule has 0 radical (unpaired) electrons. The van der Waals surface area contributed by atoms with Crippen LogP contribution >= 0.6 is 11.8 Å². The molecule has 1 aliphatic heterocycles. The lowest BCUT2D eigenvalue weighted by atomic mass is 10.1. The molecule has 4 aromatic rings. The third kappa shape index (κ3) is 2.96. The molecular formula is C20H17FN6S. The van der Waals surface area contributed by atoms with Crippen molar-refractivity contribution in [3.63, 3.8) is 0 Å². The third-order valence-corrected chi connectivity index (χ3v) is 5.60. The maximum absolute atomic E-state index is 13.2. The van der Waals surface area contributed by atoms with E-state index in [9.17, 15) is 4.39 Å². The second kappa shape index (κ2) is 6.81. The summed E-state index contributed by atoms with van der Waals surface area (Å²) in [5.41, 5.74) is 13.7. The van der Waals surface area contributed by atoms with Gasteiger partial charge in [0.2, 0.25) is 5.16 Å². The molecule has 0 aliphatic carbocycles. The average Bonchev–Trinajstić information content (AvgIpc) is 3.32. The Labute approximate surface area is 164 Å². The van der Waals surface area contributed by atoms with E-state index in [1.54, 1.807) is 12.1 Å². The fourth-order valence-corrected chi connectivity index (χ4v) is 4.10. The van der Waals surface area contributed by atoms with E-state index in [1.807, 2.05) is 34.5 Å². The monoisotopic (exact) mass is 392 g/mol. The second-order valence-electron chi connectivity index (χ2n) is 6.61. The number of benzene rings is 2.